The molecule has 3 fully saturated rings. The molecule has 0 bridgehead atoms. The fourth-order valence-corrected chi connectivity index (χ4v) is 4.61. The molecule has 3 amide bonds. The lowest BCUT2D eigenvalue weighted by Gasteiger charge is -2.33. The monoisotopic (exact) mass is 428 g/mol. The molecule has 0 radical (unpaired) electrons. The lowest BCUT2D eigenvalue weighted by molar-refractivity contribution is -0.175. The zero-order valence-electron chi connectivity index (χ0n) is 17.4. The van der Waals surface area contributed by atoms with Crippen molar-refractivity contribution in [3.05, 3.63) is 0 Å². The van der Waals surface area contributed by atoms with Crippen LogP contribution in [-0.4, -0.2) is 53.5 Å². The standard InChI is InChI=1S/C20H27F3N4O3/c1-9(2)12(7-24)25-16(28)15-13-11(19(13,3)4)8-27(15)17(29)14(10-5-6-10)26-18(30)20(21,22)23/h9-15H,5-6,8H2,1-4H3,(H,25,28)(H,26,30)/t11-,12+,13-,14-,15-/m0/s1. The van der Waals surface area contributed by atoms with E-state index in [1.807, 2.05) is 25.2 Å². The van der Waals surface area contributed by atoms with Gasteiger partial charge in [0.05, 0.1) is 6.07 Å². The number of rotatable bonds is 6. The summed E-state index contributed by atoms with van der Waals surface area (Å²) in [6.07, 6.45) is -4.00. The fraction of sp³-hybridized carbons (Fsp3) is 0.800. The number of halogens is 3. The summed E-state index contributed by atoms with van der Waals surface area (Å²) >= 11 is 0. The van der Waals surface area contributed by atoms with E-state index in [9.17, 15) is 32.8 Å². The molecule has 2 N–H and O–H groups in total. The summed E-state index contributed by atoms with van der Waals surface area (Å²) < 4.78 is 38.2. The number of nitrogens with zero attached hydrogens (tertiary/aromatic N) is 2. The minimum Gasteiger partial charge on any atom is -0.338 e. The van der Waals surface area contributed by atoms with Gasteiger partial charge in [0.2, 0.25) is 11.8 Å². The highest BCUT2D eigenvalue weighted by molar-refractivity contribution is 5.94. The lowest BCUT2D eigenvalue weighted by Crippen LogP contribution is -2.58. The lowest BCUT2D eigenvalue weighted by atomic mass is 9.98. The van der Waals surface area contributed by atoms with E-state index < -0.39 is 42.0 Å². The Bertz CT molecular complexity index is 785. The van der Waals surface area contributed by atoms with Crippen molar-refractivity contribution in [2.45, 2.75) is 64.8 Å². The number of carbonyl (C=O) groups excluding carboxylic acids is 3. The third-order valence-corrected chi connectivity index (χ3v) is 6.77. The third kappa shape index (κ3) is 3.98. The van der Waals surface area contributed by atoms with Gasteiger partial charge in [-0.2, -0.15) is 18.4 Å². The van der Waals surface area contributed by atoms with Gasteiger partial charge in [0.25, 0.3) is 0 Å². The Labute approximate surface area is 173 Å². The maximum atomic E-state index is 13.2. The highest BCUT2D eigenvalue weighted by atomic mass is 19.4. The van der Waals surface area contributed by atoms with E-state index in [2.05, 4.69) is 5.32 Å². The summed E-state index contributed by atoms with van der Waals surface area (Å²) in [5.41, 5.74) is -0.178. The van der Waals surface area contributed by atoms with E-state index >= 15 is 0 Å². The van der Waals surface area contributed by atoms with E-state index in [0.29, 0.717) is 12.8 Å². The largest absolute Gasteiger partial charge is 0.471 e. The quantitative estimate of drug-likeness (QED) is 0.671. The highest BCUT2D eigenvalue weighted by Gasteiger charge is 2.70. The molecule has 3 rings (SSSR count). The van der Waals surface area contributed by atoms with Crippen molar-refractivity contribution < 1.29 is 27.6 Å². The summed E-state index contributed by atoms with van der Waals surface area (Å²) in [6, 6.07) is -0.875. The molecule has 0 aromatic heterocycles. The van der Waals surface area contributed by atoms with Crippen molar-refractivity contribution in [1.82, 2.24) is 15.5 Å². The van der Waals surface area contributed by atoms with E-state index in [4.69, 9.17) is 0 Å². The molecular formula is C20H27F3N4O3. The number of piperidine rings is 1. The van der Waals surface area contributed by atoms with Crippen LogP contribution in [0.5, 0.6) is 0 Å². The first-order chi connectivity index (χ1) is 13.8. The maximum absolute atomic E-state index is 13.2. The topological polar surface area (TPSA) is 102 Å². The predicted molar refractivity (Wildman–Crippen MR) is 99.4 cm³/mol. The van der Waals surface area contributed by atoms with Gasteiger partial charge < -0.3 is 15.5 Å². The Balaban J connectivity index is 1.80. The van der Waals surface area contributed by atoms with E-state index in [-0.39, 0.29) is 35.6 Å². The van der Waals surface area contributed by atoms with Crippen molar-refractivity contribution in [3.63, 3.8) is 0 Å². The smallest absolute Gasteiger partial charge is 0.338 e. The highest BCUT2D eigenvalue weighted by Crippen LogP contribution is 2.65. The Morgan fingerprint density at radius 1 is 1.17 bits per heavy atom. The van der Waals surface area contributed by atoms with Crippen molar-refractivity contribution in [2.24, 2.45) is 29.1 Å². The summed E-state index contributed by atoms with van der Waals surface area (Å²) in [5.74, 6) is -3.86. The van der Waals surface area contributed by atoms with Crippen LogP contribution < -0.4 is 10.6 Å². The molecule has 1 aliphatic heterocycles. The zero-order chi connectivity index (χ0) is 22.6. The van der Waals surface area contributed by atoms with Crippen molar-refractivity contribution >= 4 is 17.7 Å². The molecule has 7 nitrogen and oxygen atoms in total. The molecule has 0 spiro atoms. The second kappa shape index (κ2) is 7.43. The number of carbonyl (C=O) groups is 3. The third-order valence-electron chi connectivity index (χ3n) is 6.77. The van der Waals surface area contributed by atoms with Gasteiger partial charge in [0.1, 0.15) is 18.1 Å². The molecule has 2 aliphatic carbocycles. The maximum Gasteiger partial charge on any atom is 0.471 e. The number of hydrogen-bond donors (Lipinski definition) is 2. The van der Waals surface area contributed by atoms with Crippen LogP contribution in [0, 0.1) is 40.4 Å². The normalized spacial score (nSPS) is 28.9. The van der Waals surface area contributed by atoms with Gasteiger partial charge in [-0.15, -0.1) is 0 Å². The molecule has 10 heteroatoms. The van der Waals surface area contributed by atoms with Crippen LogP contribution >= 0.6 is 0 Å². The Morgan fingerprint density at radius 3 is 2.23 bits per heavy atom. The predicted octanol–water partition coefficient (Wildman–Crippen LogP) is 1.59. The van der Waals surface area contributed by atoms with Crippen molar-refractivity contribution in [3.8, 4) is 6.07 Å². The number of nitrogens with one attached hydrogen (secondary N) is 2. The number of nitriles is 1. The van der Waals surface area contributed by atoms with Gasteiger partial charge in [-0.25, -0.2) is 0 Å². The first-order valence-electron chi connectivity index (χ1n) is 10.2. The van der Waals surface area contributed by atoms with Crippen LogP contribution in [-0.2, 0) is 14.4 Å². The van der Waals surface area contributed by atoms with Crippen LogP contribution in [0.15, 0.2) is 0 Å². The van der Waals surface area contributed by atoms with Gasteiger partial charge in [-0.05, 0) is 41.9 Å². The van der Waals surface area contributed by atoms with Crippen LogP contribution in [0.2, 0.25) is 0 Å². The van der Waals surface area contributed by atoms with Gasteiger partial charge in [0, 0.05) is 6.54 Å². The fourth-order valence-electron chi connectivity index (χ4n) is 4.61. The number of hydrogen-bond acceptors (Lipinski definition) is 4. The van der Waals surface area contributed by atoms with Crippen LogP contribution in [0.1, 0.15) is 40.5 Å². The molecule has 5 atom stereocenters. The zero-order valence-corrected chi connectivity index (χ0v) is 17.4. The molecular weight excluding hydrogens is 401 g/mol. The minimum absolute atomic E-state index is 0.0509. The molecule has 166 valence electrons. The van der Waals surface area contributed by atoms with Crippen LogP contribution in [0.3, 0.4) is 0 Å². The van der Waals surface area contributed by atoms with Crippen molar-refractivity contribution in [1.29, 1.82) is 5.26 Å². The van der Waals surface area contributed by atoms with E-state index in [1.165, 1.54) is 4.90 Å². The molecule has 1 saturated heterocycles. The Kier molecular flexibility index (Phi) is 5.54. The molecule has 2 saturated carbocycles. The number of fused-ring (bicyclic) bond motifs is 1. The number of alkyl halides is 3. The van der Waals surface area contributed by atoms with E-state index in [1.54, 1.807) is 13.8 Å². The molecule has 0 aromatic carbocycles. The van der Waals surface area contributed by atoms with Gasteiger partial charge in [-0.3, -0.25) is 14.4 Å². The SMILES string of the molecule is CC(C)[C@@H](C#N)NC(=O)[C@@H]1[C@@H]2[C@H](CN1C(=O)[C@@H](NC(=O)C(F)(F)F)C1CC1)C2(C)C. The average molecular weight is 428 g/mol. The van der Waals surface area contributed by atoms with Gasteiger partial charge in [-0.1, -0.05) is 27.7 Å². The summed E-state index contributed by atoms with van der Waals surface area (Å²) in [7, 11) is 0. The molecule has 30 heavy (non-hydrogen) atoms. The number of amides is 3. The Hall–Kier alpha value is -2.31. The molecule has 3 aliphatic rings. The average Bonchev–Trinajstić information content (AvgIpc) is 3.50. The van der Waals surface area contributed by atoms with Gasteiger partial charge in [0.15, 0.2) is 0 Å². The molecule has 1 heterocycles. The first kappa shape index (κ1) is 22.4. The van der Waals surface area contributed by atoms with Crippen LogP contribution in [0.25, 0.3) is 0 Å². The second-order valence-corrected chi connectivity index (χ2v) is 9.53. The summed E-state index contributed by atoms with van der Waals surface area (Å²) in [4.78, 5) is 39.0. The van der Waals surface area contributed by atoms with E-state index in [0.717, 1.165) is 0 Å². The second-order valence-electron chi connectivity index (χ2n) is 9.53. The summed E-state index contributed by atoms with van der Waals surface area (Å²) in [6.45, 7) is 7.78. The summed E-state index contributed by atoms with van der Waals surface area (Å²) in [5, 5.41) is 13.8. The molecule has 0 aromatic rings. The minimum atomic E-state index is -5.09. The van der Waals surface area contributed by atoms with Crippen LogP contribution in [0.4, 0.5) is 13.2 Å². The van der Waals surface area contributed by atoms with Gasteiger partial charge >= 0.3 is 12.1 Å². The van der Waals surface area contributed by atoms with Crippen molar-refractivity contribution in [2.75, 3.05) is 6.54 Å². The first-order valence-corrected chi connectivity index (χ1v) is 10.2. The number of likely N-dealkylation sites (tertiary alicyclic amines) is 1. The Morgan fingerprint density at radius 2 is 1.77 bits per heavy atom. The molecule has 0 unspecified atom stereocenters.